The van der Waals surface area contributed by atoms with Gasteiger partial charge in [0.2, 0.25) is 5.95 Å². The second-order valence-electron chi connectivity index (χ2n) is 3.23. The van der Waals surface area contributed by atoms with E-state index in [9.17, 15) is 0 Å². The van der Waals surface area contributed by atoms with Crippen molar-refractivity contribution in [1.29, 1.82) is 0 Å². The number of nitrogens with zero attached hydrogens (tertiary/aromatic N) is 4. The number of allylic oxidation sites excluding steroid dienone is 2. The fourth-order valence-corrected chi connectivity index (χ4v) is 1.48. The van der Waals surface area contributed by atoms with Gasteiger partial charge in [0.05, 0.1) is 12.5 Å². The predicted molar refractivity (Wildman–Crippen MR) is 57.3 cm³/mol. The zero-order valence-corrected chi connectivity index (χ0v) is 7.96. The summed E-state index contributed by atoms with van der Waals surface area (Å²) in [5.74, 6) is 0.676. The van der Waals surface area contributed by atoms with E-state index in [4.69, 9.17) is 0 Å². The van der Waals surface area contributed by atoms with Gasteiger partial charge in [0.15, 0.2) is 5.65 Å². The van der Waals surface area contributed by atoms with E-state index in [0.717, 1.165) is 12.1 Å². The molecule has 5 heteroatoms. The number of H-pyrrole nitrogens is 1. The average Bonchev–Trinajstić information content (AvgIpc) is 2.77. The summed E-state index contributed by atoms with van der Waals surface area (Å²) < 4.78 is 0. The largest absolute Gasteiger partial charge is 0.342 e. The summed E-state index contributed by atoms with van der Waals surface area (Å²) in [7, 11) is 0. The molecule has 2 aromatic rings. The molecule has 1 aliphatic rings. The van der Waals surface area contributed by atoms with Crippen LogP contribution in [0.15, 0.2) is 37.0 Å². The SMILES string of the molecule is C1=CCN(c2ncc3[nH]cnc3n2)C=C1. The van der Waals surface area contributed by atoms with Gasteiger partial charge >= 0.3 is 0 Å². The van der Waals surface area contributed by atoms with Crippen LogP contribution >= 0.6 is 0 Å². The van der Waals surface area contributed by atoms with Crippen molar-refractivity contribution in [3.05, 3.63) is 37.0 Å². The van der Waals surface area contributed by atoms with Gasteiger partial charge in [-0.05, 0) is 6.08 Å². The van der Waals surface area contributed by atoms with Crippen molar-refractivity contribution in [2.45, 2.75) is 0 Å². The molecule has 0 unspecified atom stereocenters. The standard InChI is InChI=1S/C10H9N5/c1-2-4-15(5-3-1)10-11-6-8-9(14-10)13-7-12-8/h1-4,6-7H,5H2,(H,11,12,13,14). The van der Waals surface area contributed by atoms with Crippen LogP contribution in [0.1, 0.15) is 0 Å². The minimum Gasteiger partial charge on any atom is -0.342 e. The summed E-state index contributed by atoms with van der Waals surface area (Å²) in [4.78, 5) is 17.6. The Morgan fingerprint density at radius 3 is 3.13 bits per heavy atom. The van der Waals surface area contributed by atoms with E-state index in [-0.39, 0.29) is 0 Å². The number of imidazole rings is 1. The third-order valence-electron chi connectivity index (χ3n) is 2.24. The van der Waals surface area contributed by atoms with Gasteiger partial charge in [0, 0.05) is 12.7 Å². The number of nitrogens with one attached hydrogen (secondary N) is 1. The van der Waals surface area contributed by atoms with Gasteiger partial charge in [-0.25, -0.2) is 9.97 Å². The first-order chi connectivity index (χ1) is 7.43. The van der Waals surface area contributed by atoms with Gasteiger partial charge in [-0.3, -0.25) is 0 Å². The molecule has 0 aliphatic carbocycles. The van der Waals surface area contributed by atoms with Crippen LogP contribution in [0.25, 0.3) is 11.2 Å². The van der Waals surface area contributed by atoms with Crippen molar-refractivity contribution < 1.29 is 0 Å². The van der Waals surface area contributed by atoms with Crippen molar-refractivity contribution in [1.82, 2.24) is 19.9 Å². The van der Waals surface area contributed by atoms with Crippen molar-refractivity contribution in [2.75, 3.05) is 11.4 Å². The van der Waals surface area contributed by atoms with Crippen LogP contribution in [0.5, 0.6) is 0 Å². The van der Waals surface area contributed by atoms with E-state index in [2.05, 4.69) is 26.0 Å². The molecule has 15 heavy (non-hydrogen) atoms. The van der Waals surface area contributed by atoms with Crippen molar-refractivity contribution in [3.8, 4) is 0 Å². The number of hydrogen-bond donors (Lipinski definition) is 1. The van der Waals surface area contributed by atoms with Gasteiger partial charge in [-0.2, -0.15) is 4.98 Å². The lowest BCUT2D eigenvalue weighted by atomic mass is 10.4. The molecular formula is C10H9N5. The Hall–Kier alpha value is -2.17. The molecular weight excluding hydrogens is 190 g/mol. The molecule has 0 bridgehead atoms. The molecule has 3 heterocycles. The van der Waals surface area contributed by atoms with Crippen LogP contribution < -0.4 is 4.90 Å². The fraction of sp³-hybridized carbons (Fsp3) is 0.100. The van der Waals surface area contributed by atoms with Gasteiger partial charge in [0.1, 0.15) is 5.52 Å². The lowest BCUT2D eigenvalue weighted by Crippen LogP contribution is -2.19. The molecule has 0 radical (unpaired) electrons. The monoisotopic (exact) mass is 199 g/mol. The molecule has 0 saturated carbocycles. The molecule has 1 N–H and O–H groups in total. The van der Waals surface area contributed by atoms with Gasteiger partial charge in [-0.15, -0.1) is 0 Å². The highest BCUT2D eigenvalue weighted by Gasteiger charge is 2.08. The molecule has 2 aromatic heterocycles. The zero-order chi connectivity index (χ0) is 10.1. The Bertz CT molecular complexity index is 539. The van der Waals surface area contributed by atoms with Crippen LogP contribution in [-0.4, -0.2) is 26.5 Å². The summed E-state index contributed by atoms with van der Waals surface area (Å²) in [5.41, 5.74) is 1.55. The third kappa shape index (κ3) is 1.38. The lowest BCUT2D eigenvalue weighted by Gasteiger charge is -2.17. The number of aromatic amines is 1. The number of rotatable bonds is 1. The van der Waals surface area contributed by atoms with Crippen molar-refractivity contribution in [2.24, 2.45) is 0 Å². The van der Waals surface area contributed by atoms with E-state index < -0.39 is 0 Å². The molecule has 0 fully saturated rings. The number of aromatic nitrogens is 4. The van der Waals surface area contributed by atoms with Crippen LogP contribution in [0.2, 0.25) is 0 Å². The maximum atomic E-state index is 4.35. The summed E-state index contributed by atoms with van der Waals surface area (Å²) in [6, 6.07) is 0. The Balaban J connectivity index is 2.03. The van der Waals surface area contributed by atoms with Crippen LogP contribution in [0.4, 0.5) is 5.95 Å². The van der Waals surface area contributed by atoms with Gasteiger partial charge in [0.25, 0.3) is 0 Å². The normalized spacial score (nSPS) is 15.1. The predicted octanol–water partition coefficient (Wildman–Crippen LogP) is 1.24. The van der Waals surface area contributed by atoms with E-state index in [1.54, 1.807) is 12.5 Å². The molecule has 0 saturated heterocycles. The minimum atomic E-state index is 0.676. The maximum Gasteiger partial charge on any atom is 0.231 e. The van der Waals surface area contributed by atoms with E-state index in [0.29, 0.717) is 11.6 Å². The quantitative estimate of drug-likeness (QED) is 0.750. The van der Waals surface area contributed by atoms with Crippen LogP contribution in [-0.2, 0) is 0 Å². The Labute approximate surface area is 86.2 Å². The average molecular weight is 199 g/mol. The molecule has 5 nitrogen and oxygen atoms in total. The van der Waals surface area contributed by atoms with Crippen LogP contribution in [0, 0.1) is 0 Å². The van der Waals surface area contributed by atoms with Crippen molar-refractivity contribution in [3.63, 3.8) is 0 Å². The van der Waals surface area contributed by atoms with E-state index >= 15 is 0 Å². The second kappa shape index (κ2) is 3.20. The van der Waals surface area contributed by atoms with E-state index in [1.807, 2.05) is 23.3 Å². The zero-order valence-electron chi connectivity index (χ0n) is 7.96. The summed E-state index contributed by atoms with van der Waals surface area (Å²) in [5, 5.41) is 0. The fourth-order valence-electron chi connectivity index (χ4n) is 1.48. The maximum absolute atomic E-state index is 4.35. The topological polar surface area (TPSA) is 57.7 Å². The molecule has 74 valence electrons. The van der Waals surface area contributed by atoms with Crippen molar-refractivity contribution >= 4 is 17.1 Å². The molecule has 0 amide bonds. The molecule has 0 aromatic carbocycles. The number of hydrogen-bond acceptors (Lipinski definition) is 4. The first-order valence-corrected chi connectivity index (χ1v) is 4.69. The highest BCUT2D eigenvalue weighted by Crippen LogP contribution is 2.13. The molecule has 3 rings (SSSR count). The minimum absolute atomic E-state index is 0.676. The Morgan fingerprint density at radius 1 is 1.27 bits per heavy atom. The van der Waals surface area contributed by atoms with Gasteiger partial charge in [-0.1, -0.05) is 12.2 Å². The smallest absolute Gasteiger partial charge is 0.231 e. The highest BCUT2D eigenvalue weighted by molar-refractivity contribution is 5.70. The second-order valence-corrected chi connectivity index (χ2v) is 3.23. The first kappa shape index (κ1) is 8.16. The molecule has 0 spiro atoms. The Morgan fingerprint density at radius 2 is 2.27 bits per heavy atom. The number of anilines is 1. The summed E-state index contributed by atoms with van der Waals surface area (Å²) in [6.07, 6.45) is 11.3. The Kier molecular flexibility index (Phi) is 1.74. The summed E-state index contributed by atoms with van der Waals surface area (Å²) in [6.45, 7) is 0.798. The molecule has 1 aliphatic heterocycles. The first-order valence-electron chi connectivity index (χ1n) is 4.69. The highest BCUT2D eigenvalue weighted by atomic mass is 15.2. The van der Waals surface area contributed by atoms with Gasteiger partial charge < -0.3 is 9.88 Å². The lowest BCUT2D eigenvalue weighted by molar-refractivity contribution is 0.984. The summed E-state index contributed by atoms with van der Waals surface area (Å²) >= 11 is 0. The third-order valence-corrected chi connectivity index (χ3v) is 2.24. The van der Waals surface area contributed by atoms with Crippen LogP contribution in [0.3, 0.4) is 0 Å². The molecule has 0 atom stereocenters. The number of fused-ring (bicyclic) bond motifs is 1. The van der Waals surface area contributed by atoms with E-state index in [1.165, 1.54) is 0 Å².